The maximum absolute atomic E-state index is 13.5. The second-order valence-electron chi connectivity index (χ2n) is 8.11. The van der Waals surface area contributed by atoms with Gasteiger partial charge in [-0.3, -0.25) is 18.6 Å². The molecule has 8 nitrogen and oxygen atoms in total. The topological polar surface area (TPSA) is 99.1 Å². The molecule has 2 heterocycles. The van der Waals surface area contributed by atoms with Gasteiger partial charge in [0.2, 0.25) is 0 Å². The Morgan fingerprint density at radius 1 is 1.18 bits per heavy atom. The molecule has 0 saturated heterocycles. The molecule has 2 aromatic heterocycles. The average Bonchev–Trinajstić information content (AvgIpc) is 3.36. The highest BCUT2D eigenvalue weighted by atomic mass is 19.4. The van der Waals surface area contributed by atoms with Crippen LogP contribution in [0.2, 0.25) is 0 Å². The monoisotopic (exact) mass is 470 g/mol. The van der Waals surface area contributed by atoms with Gasteiger partial charge in [0.05, 0.1) is 29.0 Å². The van der Waals surface area contributed by atoms with Gasteiger partial charge < -0.3 is 5.11 Å². The minimum atomic E-state index is -4.59. The quantitative estimate of drug-likeness (QED) is 0.496. The van der Waals surface area contributed by atoms with Crippen molar-refractivity contribution in [3.05, 3.63) is 91.9 Å². The predicted molar refractivity (Wildman–Crippen MR) is 115 cm³/mol. The van der Waals surface area contributed by atoms with Crippen LogP contribution in [0.5, 0.6) is 0 Å². The van der Waals surface area contributed by atoms with Crippen molar-refractivity contribution in [2.75, 3.05) is 0 Å². The van der Waals surface area contributed by atoms with Crippen LogP contribution in [0.25, 0.3) is 16.6 Å². The number of nitrogens with zero attached hydrogens (tertiary/aromatic N) is 4. The van der Waals surface area contributed by atoms with E-state index in [1.54, 1.807) is 36.1 Å². The number of alkyl halides is 3. The number of fused-ring (bicyclic) bond motifs is 2. The number of carboxylic acid groups (broad SMARTS) is 1. The normalized spacial score (nSPS) is 15.6. The molecule has 1 unspecified atom stereocenters. The van der Waals surface area contributed by atoms with E-state index < -0.39 is 40.6 Å². The maximum Gasteiger partial charge on any atom is 0.416 e. The molecule has 34 heavy (non-hydrogen) atoms. The highest BCUT2D eigenvalue weighted by Gasteiger charge is 2.38. The minimum absolute atomic E-state index is 0.000502. The summed E-state index contributed by atoms with van der Waals surface area (Å²) in [7, 11) is 1.74. The van der Waals surface area contributed by atoms with Crippen molar-refractivity contribution in [2.45, 2.75) is 25.1 Å². The van der Waals surface area contributed by atoms with E-state index in [4.69, 9.17) is 0 Å². The molecule has 174 valence electrons. The van der Waals surface area contributed by atoms with Gasteiger partial charge in [-0.2, -0.15) is 18.3 Å². The van der Waals surface area contributed by atoms with Crippen LogP contribution in [0.4, 0.5) is 13.2 Å². The van der Waals surface area contributed by atoms with E-state index >= 15 is 0 Å². The number of aromatic nitrogens is 4. The number of halogens is 3. The van der Waals surface area contributed by atoms with E-state index in [9.17, 15) is 32.7 Å². The van der Waals surface area contributed by atoms with Crippen molar-refractivity contribution in [3.63, 3.8) is 0 Å². The molecule has 0 bridgehead atoms. The highest BCUT2D eigenvalue weighted by molar-refractivity contribution is 5.87. The number of carboxylic acids is 1. The van der Waals surface area contributed by atoms with Gasteiger partial charge in [-0.15, -0.1) is 0 Å². The van der Waals surface area contributed by atoms with Crippen LogP contribution in [0.1, 0.15) is 39.5 Å². The Bertz CT molecular complexity index is 1600. The van der Waals surface area contributed by atoms with Crippen molar-refractivity contribution in [1.29, 1.82) is 0 Å². The molecule has 0 radical (unpaired) electrons. The molecule has 4 aromatic rings. The largest absolute Gasteiger partial charge is 0.477 e. The molecular formula is C23H17F3N4O4. The van der Waals surface area contributed by atoms with Crippen LogP contribution < -0.4 is 11.2 Å². The van der Waals surface area contributed by atoms with Crippen LogP contribution in [-0.2, 0) is 19.6 Å². The summed E-state index contributed by atoms with van der Waals surface area (Å²) in [6.07, 6.45) is -2.01. The van der Waals surface area contributed by atoms with E-state index in [-0.39, 0.29) is 24.0 Å². The zero-order chi connectivity index (χ0) is 24.4. The number of hydrogen-bond donors (Lipinski definition) is 1. The van der Waals surface area contributed by atoms with E-state index in [0.29, 0.717) is 11.1 Å². The molecule has 1 atom stereocenters. The average molecular weight is 470 g/mol. The molecule has 11 heteroatoms. The fourth-order valence-electron chi connectivity index (χ4n) is 4.65. The Balaban J connectivity index is 1.75. The summed E-state index contributed by atoms with van der Waals surface area (Å²) in [5.41, 5.74) is -2.12. The Morgan fingerprint density at radius 3 is 2.65 bits per heavy atom. The lowest BCUT2D eigenvalue weighted by Crippen LogP contribution is -2.43. The van der Waals surface area contributed by atoms with Crippen molar-refractivity contribution < 1.29 is 23.1 Å². The molecule has 1 aliphatic rings. The molecule has 0 amide bonds. The third-order valence-electron chi connectivity index (χ3n) is 6.21. The number of benzene rings is 2. The van der Waals surface area contributed by atoms with E-state index in [1.807, 2.05) is 0 Å². The number of rotatable bonds is 3. The maximum atomic E-state index is 13.5. The summed E-state index contributed by atoms with van der Waals surface area (Å²) >= 11 is 0. The smallest absolute Gasteiger partial charge is 0.416 e. The summed E-state index contributed by atoms with van der Waals surface area (Å²) in [5.74, 6) is -1.54. The SMILES string of the molecule is Cn1ncc2cc(-n3cc(C(=O)O)c(=O)n(C4CCc5c4cccc5C(F)(F)F)c3=O)ccc21. The summed E-state index contributed by atoms with van der Waals surface area (Å²) in [5, 5.41) is 14.4. The van der Waals surface area contributed by atoms with Crippen LogP contribution in [0.3, 0.4) is 0 Å². The standard InChI is InChI=1S/C23H17F3N4O4/c1-28-18-7-5-13(9-12(18)10-27-28)29-11-16(21(32)33)20(31)30(22(29)34)19-8-6-14-15(19)3-2-4-17(14)23(24,25)26/h2-5,7,9-11,19H,6,8H2,1H3,(H,32,33). The van der Waals surface area contributed by atoms with Gasteiger partial charge in [-0.25, -0.2) is 9.59 Å². The molecule has 5 rings (SSSR count). The predicted octanol–water partition coefficient (Wildman–Crippen LogP) is 3.14. The fraction of sp³-hybridized carbons (Fsp3) is 0.217. The van der Waals surface area contributed by atoms with Gasteiger partial charge in [0, 0.05) is 18.6 Å². The summed E-state index contributed by atoms with van der Waals surface area (Å²) in [6.45, 7) is 0. The van der Waals surface area contributed by atoms with Gasteiger partial charge in [0.25, 0.3) is 5.56 Å². The number of aromatic carboxylic acids is 1. The molecule has 0 fully saturated rings. The Morgan fingerprint density at radius 2 is 1.94 bits per heavy atom. The van der Waals surface area contributed by atoms with E-state index in [1.165, 1.54) is 12.1 Å². The zero-order valence-electron chi connectivity index (χ0n) is 17.7. The van der Waals surface area contributed by atoms with Crippen LogP contribution in [0, 0.1) is 0 Å². The van der Waals surface area contributed by atoms with Crippen LogP contribution >= 0.6 is 0 Å². The second kappa shape index (κ2) is 7.44. The lowest BCUT2D eigenvalue weighted by Gasteiger charge is -2.19. The second-order valence-corrected chi connectivity index (χ2v) is 8.11. The molecule has 1 aliphatic carbocycles. The summed E-state index contributed by atoms with van der Waals surface area (Å²) in [6, 6.07) is 7.49. The molecule has 0 aliphatic heterocycles. The van der Waals surface area contributed by atoms with Gasteiger partial charge in [-0.1, -0.05) is 12.1 Å². The van der Waals surface area contributed by atoms with Crippen molar-refractivity contribution in [1.82, 2.24) is 18.9 Å². The van der Waals surface area contributed by atoms with Crippen molar-refractivity contribution in [2.24, 2.45) is 7.05 Å². The lowest BCUT2D eigenvalue weighted by atomic mass is 10.0. The molecular weight excluding hydrogens is 453 g/mol. The Labute approximate surface area is 189 Å². The van der Waals surface area contributed by atoms with Crippen LogP contribution in [-0.4, -0.2) is 30.0 Å². The van der Waals surface area contributed by atoms with E-state index in [0.717, 1.165) is 26.9 Å². The van der Waals surface area contributed by atoms with Crippen LogP contribution in [0.15, 0.2) is 58.4 Å². The first-order chi connectivity index (χ1) is 16.1. The first-order valence-electron chi connectivity index (χ1n) is 10.3. The van der Waals surface area contributed by atoms with Crippen molar-refractivity contribution >= 4 is 16.9 Å². The van der Waals surface area contributed by atoms with Gasteiger partial charge >= 0.3 is 17.8 Å². The first kappa shape index (κ1) is 21.7. The minimum Gasteiger partial charge on any atom is -0.477 e. The highest BCUT2D eigenvalue weighted by Crippen LogP contribution is 2.41. The fourth-order valence-corrected chi connectivity index (χ4v) is 4.65. The van der Waals surface area contributed by atoms with Gasteiger partial charge in [0.15, 0.2) is 0 Å². The van der Waals surface area contributed by atoms with Crippen molar-refractivity contribution in [3.8, 4) is 5.69 Å². The van der Waals surface area contributed by atoms with E-state index in [2.05, 4.69) is 5.10 Å². The molecule has 1 N–H and O–H groups in total. The Kier molecular flexibility index (Phi) is 4.74. The third-order valence-corrected chi connectivity index (χ3v) is 6.21. The number of aryl methyl sites for hydroxylation is 1. The van der Waals surface area contributed by atoms with Gasteiger partial charge in [-0.05, 0) is 48.2 Å². The molecule has 0 saturated carbocycles. The first-order valence-corrected chi connectivity index (χ1v) is 10.3. The summed E-state index contributed by atoms with van der Waals surface area (Å²) in [4.78, 5) is 38.4. The lowest BCUT2D eigenvalue weighted by molar-refractivity contribution is -0.138. The molecule has 0 spiro atoms. The zero-order valence-corrected chi connectivity index (χ0v) is 17.7. The Hall–Kier alpha value is -4.15. The number of hydrogen-bond acceptors (Lipinski definition) is 4. The van der Waals surface area contributed by atoms with Gasteiger partial charge in [0.1, 0.15) is 5.56 Å². The third kappa shape index (κ3) is 3.23. The molecule has 2 aromatic carbocycles. The summed E-state index contributed by atoms with van der Waals surface area (Å²) < 4.78 is 43.9. The number of carbonyl (C=O) groups is 1.